The summed E-state index contributed by atoms with van der Waals surface area (Å²) < 4.78 is 0. The van der Waals surface area contributed by atoms with E-state index >= 15 is 0 Å². The van der Waals surface area contributed by atoms with Crippen molar-refractivity contribution in [2.75, 3.05) is 5.32 Å². The van der Waals surface area contributed by atoms with Gasteiger partial charge in [-0.3, -0.25) is 9.89 Å². The number of aromatic amines is 1. The van der Waals surface area contributed by atoms with Crippen molar-refractivity contribution in [3.05, 3.63) is 95.2 Å². The van der Waals surface area contributed by atoms with E-state index in [0.717, 1.165) is 22.3 Å². The van der Waals surface area contributed by atoms with Gasteiger partial charge in [-0.25, -0.2) is 9.97 Å². The van der Waals surface area contributed by atoms with Crippen LogP contribution >= 0.6 is 0 Å². The van der Waals surface area contributed by atoms with E-state index in [1.165, 1.54) is 0 Å². The molecule has 2 aromatic heterocycles. The number of hydrogen-bond acceptors (Lipinski definition) is 5. The number of carbonyl (C=O) groups is 1. The van der Waals surface area contributed by atoms with Gasteiger partial charge in [0, 0.05) is 12.6 Å². The molecule has 0 unspecified atom stereocenters. The molecule has 0 aliphatic rings. The van der Waals surface area contributed by atoms with Crippen LogP contribution in [0.25, 0.3) is 11.1 Å². The van der Waals surface area contributed by atoms with Crippen LogP contribution < -0.4 is 5.32 Å². The lowest BCUT2D eigenvalue weighted by Gasteiger charge is -2.08. The second-order valence-electron chi connectivity index (χ2n) is 6.79. The van der Waals surface area contributed by atoms with Gasteiger partial charge in [-0.05, 0) is 53.4 Å². The minimum Gasteiger partial charge on any atom is -0.304 e. The van der Waals surface area contributed by atoms with Crippen LogP contribution in [0.2, 0.25) is 0 Å². The number of hydrogen-bond donors (Lipinski definition) is 2. The van der Waals surface area contributed by atoms with Crippen LogP contribution in [0.3, 0.4) is 0 Å². The summed E-state index contributed by atoms with van der Waals surface area (Å²) in [5.41, 5.74) is 4.44. The highest BCUT2D eigenvalue weighted by molar-refractivity contribution is 6.01. The van der Waals surface area contributed by atoms with E-state index < -0.39 is 5.91 Å². The first-order valence-corrected chi connectivity index (χ1v) is 9.36. The predicted molar refractivity (Wildman–Crippen MR) is 113 cm³/mol. The molecule has 2 N–H and O–H groups in total. The van der Waals surface area contributed by atoms with E-state index in [1.54, 1.807) is 18.3 Å². The Kier molecular flexibility index (Phi) is 5.31. The number of pyridine rings is 1. The van der Waals surface area contributed by atoms with Crippen molar-refractivity contribution in [1.82, 2.24) is 20.2 Å². The van der Waals surface area contributed by atoms with Gasteiger partial charge in [0.05, 0.1) is 11.6 Å². The molecule has 0 bridgehead atoms. The van der Waals surface area contributed by atoms with E-state index in [2.05, 4.69) is 31.6 Å². The number of amides is 1. The predicted octanol–water partition coefficient (Wildman–Crippen LogP) is 3.89. The van der Waals surface area contributed by atoms with Gasteiger partial charge in [0.2, 0.25) is 5.82 Å². The molecule has 0 fully saturated rings. The molecule has 0 saturated heterocycles. The minimum atomic E-state index is -0.447. The topological polar surface area (TPSA) is 107 Å². The fraction of sp³-hybridized carbons (Fsp3) is 0.0870. The maximum Gasteiger partial charge on any atom is 0.296 e. The van der Waals surface area contributed by atoms with Gasteiger partial charge in [0.25, 0.3) is 5.91 Å². The molecule has 4 rings (SSSR count). The number of H-pyrrole nitrogens is 1. The van der Waals surface area contributed by atoms with Crippen molar-refractivity contribution >= 4 is 11.7 Å². The summed E-state index contributed by atoms with van der Waals surface area (Å²) in [4.78, 5) is 21.0. The molecule has 7 nitrogen and oxygen atoms in total. The fourth-order valence-electron chi connectivity index (χ4n) is 3.11. The van der Waals surface area contributed by atoms with E-state index in [4.69, 9.17) is 5.26 Å². The number of nitriles is 1. The second kappa shape index (κ2) is 8.37. The summed E-state index contributed by atoms with van der Waals surface area (Å²) in [5, 5.41) is 18.7. The zero-order chi connectivity index (χ0) is 20.9. The van der Waals surface area contributed by atoms with Crippen molar-refractivity contribution in [2.24, 2.45) is 0 Å². The van der Waals surface area contributed by atoms with Gasteiger partial charge < -0.3 is 5.32 Å². The first-order chi connectivity index (χ1) is 14.6. The van der Waals surface area contributed by atoms with Gasteiger partial charge in [-0.2, -0.15) is 5.26 Å². The van der Waals surface area contributed by atoms with E-state index in [-0.39, 0.29) is 5.82 Å². The lowest BCUT2D eigenvalue weighted by atomic mass is 9.99. The molecule has 0 aliphatic carbocycles. The molecule has 2 aromatic carbocycles. The van der Waals surface area contributed by atoms with Crippen LogP contribution in [0.15, 0.2) is 66.9 Å². The molecular weight excluding hydrogens is 376 g/mol. The van der Waals surface area contributed by atoms with Gasteiger partial charge in [0.1, 0.15) is 11.6 Å². The Labute approximate surface area is 173 Å². The maximum atomic E-state index is 12.6. The molecule has 0 spiro atoms. The first-order valence-electron chi connectivity index (χ1n) is 9.36. The number of anilines is 1. The Balaban J connectivity index is 1.51. The Morgan fingerprint density at radius 1 is 1.13 bits per heavy atom. The lowest BCUT2D eigenvalue weighted by Crippen LogP contribution is -2.14. The molecule has 0 aliphatic heterocycles. The van der Waals surface area contributed by atoms with Gasteiger partial charge in [-0.1, -0.05) is 36.4 Å². The molecule has 0 atom stereocenters. The maximum absolute atomic E-state index is 12.6. The normalized spacial score (nSPS) is 10.4. The van der Waals surface area contributed by atoms with Crippen LogP contribution in [0.5, 0.6) is 0 Å². The monoisotopic (exact) mass is 394 g/mol. The Morgan fingerprint density at radius 3 is 2.77 bits per heavy atom. The summed E-state index contributed by atoms with van der Waals surface area (Å²) in [6, 6.07) is 21.1. The summed E-state index contributed by atoms with van der Waals surface area (Å²) in [6.45, 7) is 1.97. The first kappa shape index (κ1) is 19.0. The Bertz CT molecular complexity index is 1240. The van der Waals surface area contributed by atoms with E-state index in [1.807, 2.05) is 55.5 Å². The molecule has 7 heteroatoms. The Hall–Kier alpha value is -4.31. The average Bonchev–Trinajstić information content (AvgIpc) is 3.24. The third-order valence-corrected chi connectivity index (χ3v) is 4.63. The third kappa shape index (κ3) is 4.23. The SMILES string of the molecule is Cc1ccc(C#N)cc1-c1ccnc(NC(=O)c2n[nH]c(Cc3ccccc3)n2)c1. The third-order valence-electron chi connectivity index (χ3n) is 4.63. The number of aryl methyl sites for hydroxylation is 1. The molecule has 2 heterocycles. The number of aromatic nitrogens is 4. The summed E-state index contributed by atoms with van der Waals surface area (Å²) in [7, 11) is 0. The molecular formula is C23H18N6O. The highest BCUT2D eigenvalue weighted by Gasteiger charge is 2.14. The van der Waals surface area contributed by atoms with Crippen LogP contribution in [0, 0.1) is 18.3 Å². The largest absolute Gasteiger partial charge is 0.304 e. The quantitative estimate of drug-likeness (QED) is 0.534. The van der Waals surface area contributed by atoms with Crippen molar-refractivity contribution < 1.29 is 4.79 Å². The van der Waals surface area contributed by atoms with Crippen LogP contribution in [0.4, 0.5) is 5.82 Å². The highest BCUT2D eigenvalue weighted by Crippen LogP contribution is 2.26. The molecule has 30 heavy (non-hydrogen) atoms. The van der Waals surface area contributed by atoms with Crippen molar-refractivity contribution in [2.45, 2.75) is 13.3 Å². The molecule has 0 radical (unpaired) electrons. The molecule has 146 valence electrons. The van der Waals surface area contributed by atoms with Gasteiger partial charge in [0.15, 0.2) is 0 Å². The molecule has 0 saturated carbocycles. The number of nitrogens with one attached hydrogen (secondary N) is 2. The molecule has 4 aromatic rings. The number of benzene rings is 2. The standard InChI is InChI=1S/C23H18N6O/c1-15-7-8-17(14-24)11-19(15)18-9-10-25-20(13-18)27-23(30)22-26-21(28-29-22)12-16-5-3-2-4-6-16/h2-11,13H,12H2,1H3,(H,25,27,30)(H,26,28,29). The van der Waals surface area contributed by atoms with Crippen LogP contribution in [-0.4, -0.2) is 26.1 Å². The number of carbonyl (C=O) groups excluding carboxylic acids is 1. The fourth-order valence-corrected chi connectivity index (χ4v) is 3.11. The minimum absolute atomic E-state index is 0.0517. The van der Waals surface area contributed by atoms with Crippen LogP contribution in [0.1, 0.15) is 33.1 Å². The van der Waals surface area contributed by atoms with Gasteiger partial charge in [-0.15, -0.1) is 5.10 Å². The summed E-state index contributed by atoms with van der Waals surface area (Å²) in [5.74, 6) is 0.596. The van der Waals surface area contributed by atoms with E-state index in [9.17, 15) is 4.79 Å². The van der Waals surface area contributed by atoms with E-state index in [0.29, 0.717) is 23.6 Å². The molecule has 1 amide bonds. The van der Waals surface area contributed by atoms with Crippen molar-refractivity contribution in [3.8, 4) is 17.2 Å². The van der Waals surface area contributed by atoms with Gasteiger partial charge >= 0.3 is 0 Å². The zero-order valence-electron chi connectivity index (χ0n) is 16.3. The highest BCUT2D eigenvalue weighted by atomic mass is 16.2. The van der Waals surface area contributed by atoms with Crippen LogP contribution in [-0.2, 0) is 6.42 Å². The average molecular weight is 394 g/mol. The lowest BCUT2D eigenvalue weighted by molar-refractivity contribution is 0.101. The summed E-state index contributed by atoms with van der Waals surface area (Å²) >= 11 is 0. The number of nitrogens with zero attached hydrogens (tertiary/aromatic N) is 4. The Morgan fingerprint density at radius 2 is 1.97 bits per heavy atom. The van der Waals surface area contributed by atoms with Crippen molar-refractivity contribution in [3.63, 3.8) is 0 Å². The smallest absolute Gasteiger partial charge is 0.296 e. The number of rotatable bonds is 5. The zero-order valence-corrected chi connectivity index (χ0v) is 16.3. The summed E-state index contributed by atoms with van der Waals surface area (Å²) in [6.07, 6.45) is 2.17. The second-order valence-corrected chi connectivity index (χ2v) is 6.79. The van der Waals surface area contributed by atoms with Crippen molar-refractivity contribution in [1.29, 1.82) is 5.26 Å².